The molecule has 0 aliphatic heterocycles. The minimum absolute atomic E-state index is 0.0299. The number of phenolic OH excluding ortho intramolecular Hbond substituents is 1. The third kappa shape index (κ3) is 2.47. The number of rotatable bonds is 4. The summed E-state index contributed by atoms with van der Waals surface area (Å²) >= 11 is 0. The molecule has 14 heavy (non-hydrogen) atoms. The minimum atomic E-state index is -0.173. The van der Waals surface area contributed by atoms with Crippen molar-refractivity contribution in [1.82, 2.24) is 0 Å². The molecule has 0 saturated carbocycles. The summed E-state index contributed by atoms with van der Waals surface area (Å²) < 4.78 is 5.18. The van der Waals surface area contributed by atoms with Crippen molar-refractivity contribution in [2.45, 2.75) is 6.92 Å². The summed E-state index contributed by atoms with van der Waals surface area (Å²) in [5.74, 6) is 0.488. The van der Waals surface area contributed by atoms with E-state index in [-0.39, 0.29) is 24.7 Å². The number of Topliss-reactive ketones (excluding diaryl/α,β-unsaturated/α-hetero) is 1. The molecule has 4 nitrogen and oxygen atoms in total. The fourth-order valence-corrected chi connectivity index (χ4v) is 0.976. The van der Waals surface area contributed by atoms with Crippen molar-refractivity contribution in [3.8, 4) is 11.5 Å². The maximum Gasteiger partial charge on any atom is 0.183 e. The Labute approximate surface area is 82.3 Å². The Balaban J connectivity index is 2.68. The molecule has 1 aromatic carbocycles. The highest BCUT2D eigenvalue weighted by Gasteiger charge is 2.05. The van der Waals surface area contributed by atoms with Crippen LogP contribution in [0.4, 0.5) is 0 Å². The predicted molar refractivity (Wildman–Crippen MR) is 52.4 cm³/mol. The van der Waals surface area contributed by atoms with Crippen molar-refractivity contribution in [3.05, 3.63) is 23.8 Å². The van der Waals surface area contributed by atoms with Gasteiger partial charge in [0.25, 0.3) is 0 Å². The molecule has 0 unspecified atom stereocenters. The number of benzene rings is 1. The minimum Gasteiger partial charge on any atom is -0.508 e. The number of carbonyl (C=O) groups is 1. The van der Waals surface area contributed by atoms with Gasteiger partial charge in [0.05, 0.1) is 6.54 Å². The van der Waals surface area contributed by atoms with Crippen LogP contribution >= 0.6 is 0 Å². The summed E-state index contributed by atoms with van der Waals surface area (Å²) in [4.78, 5) is 10.9. The van der Waals surface area contributed by atoms with Crippen LogP contribution in [0.3, 0.4) is 0 Å². The third-order valence-electron chi connectivity index (χ3n) is 1.87. The standard InChI is InChI=1S/C10H13NO3/c1-7-9(13)3-2-4-10(7)14-6-8(12)5-11/h2-4,13H,5-6,11H2,1H3. The van der Waals surface area contributed by atoms with E-state index in [4.69, 9.17) is 10.5 Å². The zero-order valence-corrected chi connectivity index (χ0v) is 7.99. The third-order valence-corrected chi connectivity index (χ3v) is 1.87. The Hall–Kier alpha value is -1.55. The lowest BCUT2D eigenvalue weighted by Crippen LogP contribution is -2.20. The highest BCUT2D eigenvalue weighted by molar-refractivity contribution is 5.81. The predicted octanol–water partition coefficient (Wildman–Crippen LogP) is 0.607. The molecule has 0 aliphatic rings. The van der Waals surface area contributed by atoms with Crippen molar-refractivity contribution in [1.29, 1.82) is 0 Å². The highest BCUT2D eigenvalue weighted by atomic mass is 16.5. The Morgan fingerprint density at radius 3 is 2.93 bits per heavy atom. The largest absolute Gasteiger partial charge is 0.508 e. The lowest BCUT2D eigenvalue weighted by atomic mass is 10.2. The summed E-state index contributed by atoms with van der Waals surface area (Å²) in [5.41, 5.74) is 5.75. The van der Waals surface area contributed by atoms with Gasteiger partial charge in [-0.25, -0.2) is 0 Å². The Morgan fingerprint density at radius 2 is 2.29 bits per heavy atom. The molecule has 0 heterocycles. The Bertz CT molecular complexity index is 336. The van der Waals surface area contributed by atoms with Crippen LogP contribution in [0, 0.1) is 6.92 Å². The summed E-state index contributed by atoms with van der Waals surface area (Å²) in [6.07, 6.45) is 0. The second-order valence-corrected chi connectivity index (χ2v) is 2.93. The molecule has 76 valence electrons. The van der Waals surface area contributed by atoms with Gasteiger partial charge in [0.2, 0.25) is 0 Å². The molecule has 0 spiro atoms. The monoisotopic (exact) mass is 195 g/mol. The van der Waals surface area contributed by atoms with Crippen LogP contribution in [0.5, 0.6) is 11.5 Å². The van der Waals surface area contributed by atoms with Gasteiger partial charge in [-0.3, -0.25) is 4.79 Å². The van der Waals surface area contributed by atoms with Gasteiger partial charge in [0.15, 0.2) is 5.78 Å². The lowest BCUT2D eigenvalue weighted by Gasteiger charge is -2.08. The van der Waals surface area contributed by atoms with Crippen molar-refractivity contribution >= 4 is 5.78 Å². The van der Waals surface area contributed by atoms with Gasteiger partial charge >= 0.3 is 0 Å². The van der Waals surface area contributed by atoms with E-state index in [2.05, 4.69) is 0 Å². The van der Waals surface area contributed by atoms with E-state index >= 15 is 0 Å². The van der Waals surface area contributed by atoms with Crippen molar-refractivity contribution < 1.29 is 14.6 Å². The molecule has 0 fully saturated rings. The number of hydrogen-bond donors (Lipinski definition) is 2. The second kappa shape index (κ2) is 4.62. The fourth-order valence-electron chi connectivity index (χ4n) is 0.976. The molecule has 0 aliphatic carbocycles. The molecule has 0 saturated heterocycles. The van der Waals surface area contributed by atoms with Gasteiger partial charge in [-0.05, 0) is 19.1 Å². The van der Waals surface area contributed by atoms with Crippen molar-refractivity contribution in [2.75, 3.05) is 13.2 Å². The van der Waals surface area contributed by atoms with Gasteiger partial charge in [-0.1, -0.05) is 6.07 Å². The molecule has 1 rings (SSSR count). The van der Waals surface area contributed by atoms with Crippen molar-refractivity contribution in [2.24, 2.45) is 5.73 Å². The summed E-state index contributed by atoms with van der Waals surface area (Å²) in [6.45, 7) is 1.64. The molecule has 3 N–H and O–H groups in total. The topological polar surface area (TPSA) is 72.5 Å². The number of nitrogens with two attached hydrogens (primary N) is 1. The first kappa shape index (κ1) is 10.5. The molecule has 0 radical (unpaired) electrons. The van der Waals surface area contributed by atoms with Gasteiger partial charge in [-0.15, -0.1) is 0 Å². The van der Waals surface area contributed by atoms with E-state index in [1.807, 2.05) is 0 Å². The van der Waals surface area contributed by atoms with E-state index in [9.17, 15) is 9.90 Å². The van der Waals surface area contributed by atoms with Gasteiger partial charge in [0.1, 0.15) is 18.1 Å². The van der Waals surface area contributed by atoms with E-state index in [1.165, 1.54) is 0 Å². The van der Waals surface area contributed by atoms with Crippen LogP contribution in [0.1, 0.15) is 5.56 Å². The molecule has 0 bridgehead atoms. The number of ether oxygens (including phenoxy) is 1. The number of phenols is 1. The molecule has 0 amide bonds. The van der Waals surface area contributed by atoms with Crippen LogP contribution in [0.15, 0.2) is 18.2 Å². The Kier molecular flexibility index (Phi) is 3.48. The van der Waals surface area contributed by atoms with Gasteiger partial charge in [0, 0.05) is 5.56 Å². The fraction of sp³-hybridized carbons (Fsp3) is 0.300. The number of ketones is 1. The summed E-state index contributed by atoms with van der Waals surface area (Å²) in [5, 5.41) is 9.33. The summed E-state index contributed by atoms with van der Waals surface area (Å²) in [7, 11) is 0. The SMILES string of the molecule is Cc1c(O)cccc1OCC(=O)CN. The molecular weight excluding hydrogens is 182 g/mol. The lowest BCUT2D eigenvalue weighted by molar-refractivity contribution is -0.119. The highest BCUT2D eigenvalue weighted by Crippen LogP contribution is 2.25. The van der Waals surface area contributed by atoms with Crippen LogP contribution < -0.4 is 10.5 Å². The molecule has 1 aromatic rings. The van der Waals surface area contributed by atoms with E-state index < -0.39 is 0 Å². The van der Waals surface area contributed by atoms with Crippen molar-refractivity contribution in [3.63, 3.8) is 0 Å². The zero-order valence-electron chi connectivity index (χ0n) is 7.99. The second-order valence-electron chi connectivity index (χ2n) is 2.93. The maximum absolute atomic E-state index is 10.9. The van der Waals surface area contributed by atoms with Crippen LogP contribution in [0.25, 0.3) is 0 Å². The molecule has 0 aromatic heterocycles. The maximum atomic E-state index is 10.9. The quantitative estimate of drug-likeness (QED) is 0.738. The zero-order chi connectivity index (χ0) is 10.6. The average molecular weight is 195 g/mol. The smallest absolute Gasteiger partial charge is 0.183 e. The van der Waals surface area contributed by atoms with Crippen LogP contribution in [0.2, 0.25) is 0 Å². The van der Waals surface area contributed by atoms with E-state index in [0.29, 0.717) is 11.3 Å². The van der Waals surface area contributed by atoms with Gasteiger partial charge < -0.3 is 15.6 Å². The van der Waals surface area contributed by atoms with E-state index in [1.54, 1.807) is 25.1 Å². The van der Waals surface area contributed by atoms with Gasteiger partial charge in [-0.2, -0.15) is 0 Å². The first-order valence-corrected chi connectivity index (χ1v) is 4.28. The molecule has 4 heteroatoms. The van der Waals surface area contributed by atoms with Crippen LogP contribution in [-0.2, 0) is 4.79 Å². The number of hydrogen-bond acceptors (Lipinski definition) is 4. The first-order valence-electron chi connectivity index (χ1n) is 4.28. The average Bonchev–Trinajstić information content (AvgIpc) is 2.20. The van der Waals surface area contributed by atoms with Crippen LogP contribution in [-0.4, -0.2) is 24.0 Å². The normalized spacial score (nSPS) is 9.86. The molecular formula is C10H13NO3. The molecule has 0 atom stereocenters. The Morgan fingerprint density at radius 1 is 1.57 bits per heavy atom. The number of carbonyl (C=O) groups excluding carboxylic acids is 1. The van der Waals surface area contributed by atoms with E-state index in [0.717, 1.165) is 0 Å². The first-order chi connectivity index (χ1) is 6.65. The summed E-state index contributed by atoms with van der Waals surface area (Å²) in [6, 6.07) is 4.91. The number of aromatic hydroxyl groups is 1.